The summed E-state index contributed by atoms with van der Waals surface area (Å²) in [6.07, 6.45) is 1.74. The highest BCUT2D eigenvalue weighted by molar-refractivity contribution is 5.89. The highest BCUT2D eigenvalue weighted by atomic mass is 16.5. The van der Waals surface area contributed by atoms with Crippen molar-refractivity contribution in [3.63, 3.8) is 0 Å². The third-order valence-corrected chi connectivity index (χ3v) is 4.94. The summed E-state index contributed by atoms with van der Waals surface area (Å²) in [5, 5.41) is 5.53. The van der Waals surface area contributed by atoms with Crippen LogP contribution < -0.4 is 20.1 Å². The summed E-state index contributed by atoms with van der Waals surface area (Å²) < 4.78 is 16.1. The normalized spacial score (nSPS) is 15.6. The Morgan fingerprint density at radius 3 is 2.77 bits per heavy atom. The molecule has 1 aliphatic rings. The first-order chi connectivity index (χ1) is 15.0. The number of furan rings is 1. The maximum absolute atomic E-state index is 12.6. The van der Waals surface area contributed by atoms with Crippen LogP contribution in [0.25, 0.3) is 0 Å². The summed E-state index contributed by atoms with van der Waals surface area (Å²) in [5.74, 6) is 0.751. The molecular formula is C22H27N3O6. The predicted octanol–water partition coefficient (Wildman–Crippen LogP) is 1.47. The largest absolute Gasteiger partial charge is 0.493 e. The molecule has 1 aromatic heterocycles. The zero-order chi connectivity index (χ0) is 22.2. The maximum Gasteiger partial charge on any atom is 0.257 e. The van der Waals surface area contributed by atoms with Crippen LogP contribution in [0, 0.1) is 5.92 Å². The van der Waals surface area contributed by atoms with Crippen LogP contribution in [0.1, 0.15) is 24.7 Å². The van der Waals surface area contributed by atoms with Gasteiger partial charge in [-0.2, -0.15) is 0 Å². The fourth-order valence-corrected chi connectivity index (χ4v) is 3.36. The number of likely N-dealkylation sites (N-methyl/N-ethyl adjacent to an activating group) is 1. The van der Waals surface area contributed by atoms with Crippen molar-refractivity contribution in [2.24, 2.45) is 5.92 Å². The lowest BCUT2D eigenvalue weighted by atomic mass is 10.1. The number of rotatable bonds is 10. The average molecular weight is 429 g/mol. The molecule has 0 spiro atoms. The number of carbonyl (C=O) groups is 3. The molecule has 0 bridgehead atoms. The van der Waals surface area contributed by atoms with Crippen LogP contribution in [0.3, 0.4) is 0 Å². The standard InChI is InChI=1S/C22H27N3O6/c1-3-23-20(26)14-31-18-7-6-15(9-19(18)29-2)11-24-22(28)16-10-21(27)25(12-16)13-17-5-4-8-30-17/h4-9,16H,3,10-14H2,1-2H3,(H,23,26)(H,24,28). The quantitative estimate of drug-likeness (QED) is 0.592. The molecule has 3 amide bonds. The minimum Gasteiger partial charge on any atom is -0.493 e. The van der Waals surface area contributed by atoms with Gasteiger partial charge in [0.1, 0.15) is 5.76 Å². The minimum atomic E-state index is -0.399. The third-order valence-electron chi connectivity index (χ3n) is 4.94. The van der Waals surface area contributed by atoms with Crippen molar-refractivity contribution in [1.29, 1.82) is 0 Å². The molecule has 9 nitrogen and oxygen atoms in total. The predicted molar refractivity (Wildman–Crippen MR) is 111 cm³/mol. The van der Waals surface area contributed by atoms with E-state index in [0.29, 0.717) is 36.9 Å². The molecule has 2 heterocycles. The topological polar surface area (TPSA) is 110 Å². The molecule has 0 saturated carbocycles. The second kappa shape index (κ2) is 10.5. The average Bonchev–Trinajstić information content (AvgIpc) is 3.41. The molecule has 1 aliphatic heterocycles. The molecule has 2 N–H and O–H groups in total. The second-order valence-electron chi connectivity index (χ2n) is 7.20. The molecule has 1 fully saturated rings. The van der Waals surface area contributed by atoms with E-state index in [4.69, 9.17) is 13.9 Å². The highest BCUT2D eigenvalue weighted by Crippen LogP contribution is 2.28. The van der Waals surface area contributed by atoms with E-state index >= 15 is 0 Å². The van der Waals surface area contributed by atoms with E-state index in [1.54, 1.807) is 41.5 Å². The van der Waals surface area contributed by atoms with Gasteiger partial charge in [-0.05, 0) is 36.8 Å². The van der Waals surface area contributed by atoms with E-state index in [1.807, 2.05) is 6.92 Å². The Balaban J connectivity index is 1.51. The van der Waals surface area contributed by atoms with E-state index in [-0.39, 0.29) is 37.3 Å². The number of carbonyl (C=O) groups excluding carboxylic acids is 3. The first-order valence-corrected chi connectivity index (χ1v) is 10.1. The van der Waals surface area contributed by atoms with Gasteiger partial charge in [0.05, 0.1) is 25.8 Å². The highest BCUT2D eigenvalue weighted by Gasteiger charge is 2.34. The van der Waals surface area contributed by atoms with Crippen LogP contribution in [0.5, 0.6) is 11.5 Å². The van der Waals surface area contributed by atoms with Gasteiger partial charge in [0, 0.05) is 26.1 Å². The monoisotopic (exact) mass is 429 g/mol. The maximum atomic E-state index is 12.6. The van der Waals surface area contributed by atoms with Crippen LogP contribution in [-0.2, 0) is 27.5 Å². The van der Waals surface area contributed by atoms with Gasteiger partial charge in [0.15, 0.2) is 18.1 Å². The smallest absolute Gasteiger partial charge is 0.257 e. The van der Waals surface area contributed by atoms with Crippen molar-refractivity contribution in [1.82, 2.24) is 15.5 Å². The zero-order valence-corrected chi connectivity index (χ0v) is 17.7. The van der Waals surface area contributed by atoms with E-state index in [1.165, 1.54) is 7.11 Å². The molecule has 0 radical (unpaired) electrons. The van der Waals surface area contributed by atoms with Crippen molar-refractivity contribution in [2.75, 3.05) is 26.8 Å². The Morgan fingerprint density at radius 1 is 1.23 bits per heavy atom. The molecule has 2 aromatic rings. The van der Waals surface area contributed by atoms with Crippen LogP contribution in [0.15, 0.2) is 41.0 Å². The fraction of sp³-hybridized carbons (Fsp3) is 0.409. The number of likely N-dealkylation sites (tertiary alicyclic amines) is 1. The van der Waals surface area contributed by atoms with Gasteiger partial charge in [0.25, 0.3) is 5.91 Å². The van der Waals surface area contributed by atoms with Gasteiger partial charge in [-0.25, -0.2) is 0 Å². The minimum absolute atomic E-state index is 0.0631. The van der Waals surface area contributed by atoms with Crippen LogP contribution in [-0.4, -0.2) is 49.4 Å². The van der Waals surface area contributed by atoms with Crippen molar-refractivity contribution >= 4 is 17.7 Å². The molecule has 1 aromatic carbocycles. The third kappa shape index (κ3) is 6.00. The van der Waals surface area contributed by atoms with Gasteiger partial charge in [-0.15, -0.1) is 0 Å². The first-order valence-electron chi connectivity index (χ1n) is 10.1. The summed E-state index contributed by atoms with van der Waals surface area (Å²) >= 11 is 0. The van der Waals surface area contributed by atoms with Crippen LogP contribution in [0.2, 0.25) is 0 Å². The number of ether oxygens (including phenoxy) is 2. The number of nitrogens with one attached hydrogen (secondary N) is 2. The van der Waals surface area contributed by atoms with Crippen molar-refractivity contribution in [3.05, 3.63) is 47.9 Å². The molecule has 31 heavy (non-hydrogen) atoms. The van der Waals surface area contributed by atoms with Crippen LogP contribution in [0.4, 0.5) is 0 Å². The number of amides is 3. The van der Waals surface area contributed by atoms with Crippen molar-refractivity contribution < 1.29 is 28.3 Å². The molecule has 0 aliphatic carbocycles. The number of methoxy groups -OCH3 is 1. The van der Waals surface area contributed by atoms with Gasteiger partial charge in [-0.3, -0.25) is 14.4 Å². The van der Waals surface area contributed by atoms with Gasteiger partial charge in [0.2, 0.25) is 11.8 Å². The van der Waals surface area contributed by atoms with E-state index in [0.717, 1.165) is 5.56 Å². The molecule has 1 unspecified atom stereocenters. The SMILES string of the molecule is CCNC(=O)COc1ccc(CNC(=O)C2CC(=O)N(Cc3ccco3)C2)cc1OC. The van der Waals surface area contributed by atoms with E-state index in [2.05, 4.69) is 10.6 Å². The number of hydrogen-bond acceptors (Lipinski definition) is 6. The van der Waals surface area contributed by atoms with E-state index in [9.17, 15) is 14.4 Å². The number of nitrogens with zero attached hydrogens (tertiary/aromatic N) is 1. The summed E-state index contributed by atoms with van der Waals surface area (Å²) in [6, 6.07) is 8.81. The Morgan fingerprint density at radius 2 is 2.06 bits per heavy atom. The summed E-state index contributed by atoms with van der Waals surface area (Å²) in [5.41, 5.74) is 0.812. The summed E-state index contributed by atoms with van der Waals surface area (Å²) in [4.78, 5) is 38.0. The van der Waals surface area contributed by atoms with Gasteiger partial charge < -0.3 is 29.4 Å². The molecular weight excluding hydrogens is 402 g/mol. The lowest BCUT2D eigenvalue weighted by molar-refractivity contribution is -0.129. The summed E-state index contributed by atoms with van der Waals surface area (Å²) in [7, 11) is 1.51. The Kier molecular flexibility index (Phi) is 7.53. The first kappa shape index (κ1) is 22.2. The van der Waals surface area contributed by atoms with Gasteiger partial charge in [-0.1, -0.05) is 6.07 Å². The lowest BCUT2D eigenvalue weighted by Gasteiger charge is -2.15. The number of benzene rings is 1. The van der Waals surface area contributed by atoms with Crippen molar-refractivity contribution in [2.45, 2.75) is 26.4 Å². The molecule has 1 saturated heterocycles. The lowest BCUT2D eigenvalue weighted by Crippen LogP contribution is -2.32. The molecule has 9 heteroatoms. The Hall–Kier alpha value is -3.49. The molecule has 3 rings (SSSR count). The fourth-order valence-electron chi connectivity index (χ4n) is 3.36. The van der Waals surface area contributed by atoms with Crippen LogP contribution >= 0.6 is 0 Å². The van der Waals surface area contributed by atoms with Gasteiger partial charge >= 0.3 is 0 Å². The Bertz CT molecular complexity index is 912. The number of hydrogen-bond donors (Lipinski definition) is 2. The molecule has 166 valence electrons. The summed E-state index contributed by atoms with van der Waals surface area (Å²) in [6.45, 7) is 3.27. The second-order valence-corrected chi connectivity index (χ2v) is 7.20. The molecule has 1 atom stereocenters. The van der Waals surface area contributed by atoms with Crippen molar-refractivity contribution in [3.8, 4) is 11.5 Å². The Labute approximate surface area is 180 Å². The zero-order valence-electron chi connectivity index (χ0n) is 17.7. The van der Waals surface area contributed by atoms with E-state index < -0.39 is 5.92 Å².